The lowest BCUT2D eigenvalue weighted by molar-refractivity contribution is -0.384. The predicted molar refractivity (Wildman–Crippen MR) is 94.6 cm³/mol. The zero-order chi connectivity index (χ0) is 19.1. The molecule has 0 aromatic heterocycles. The molecule has 8 nitrogen and oxygen atoms in total. The SMILES string of the molecule is O=C(COC(=O)COc1ccc(Cl)cc1)Nc1cc([N+](=O)[O-])ccc1Cl. The number of non-ortho nitro benzene ring substituents is 1. The normalized spacial score (nSPS) is 10.1. The van der Waals surface area contributed by atoms with Gasteiger partial charge in [-0.3, -0.25) is 14.9 Å². The van der Waals surface area contributed by atoms with Gasteiger partial charge in [0.2, 0.25) is 0 Å². The molecule has 2 aromatic carbocycles. The van der Waals surface area contributed by atoms with Gasteiger partial charge in [0.25, 0.3) is 11.6 Å². The lowest BCUT2D eigenvalue weighted by Gasteiger charge is -2.09. The van der Waals surface area contributed by atoms with Gasteiger partial charge in [0.15, 0.2) is 13.2 Å². The highest BCUT2D eigenvalue weighted by atomic mass is 35.5. The molecule has 10 heteroatoms. The van der Waals surface area contributed by atoms with Crippen LogP contribution in [-0.2, 0) is 14.3 Å². The Labute approximate surface area is 157 Å². The minimum atomic E-state index is -0.764. The number of benzene rings is 2. The first-order valence-corrected chi connectivity index (χ1v) is 7.88. The van der Waals surface area contributed by atoms with Gasteiger partial charge in [-0.2, -0.15) is 0 Å². The molecule has 0 saturated carbocycles. The van der Waals surface area contributed by atoms with Crippen LogP contribution in [-0.4, -0.2) is 30.0 Å². The number of halogens is 2. The fourth-order valence-corrected chi connectivity index (χ4v) is 2.06. The Balaban J connectivity index is 1.81. The van der Waals surface area contributed by atoms with Crippen molar-refractivity contribution in [2.24, 2.45) is 0 Å². The summed E-state index contributed by atoms with van der Waals surface area (Å²) >= 11 is 11.6. The van der Waals surface area contributed by atoms with Crippen LogP contribution in [0.5, 0.6) is 5.75 Å². The maximum absolute atomic E-state index is 11.8. The van der Waals surface area contributed by atoms with Gasteiger partial charge in [-0.05, 0) is 30.3 Å². The van der Waals surface area contributed by atoms with E-state index in [0.717, 1.165) is 6.07 Å². The number of rotatable bonds is 7. The molecule has 2 rings (SSSR count). The van der Waals surface area contributed by atoms with Crippen molar-refractivity contribution in [1.82, 2.24) is 0 Å². The number of anilines is 1. The summed E-state index contributed by atoms with van der Waals surface area (Å²) in [4.78, 5) is 33.5. The molecule has 0 fully saturated rings. The molecule has 0 bridgehead atoms. The van der Waals surface area contributed by atoms with E-state index in [-0.39, 0.29) is 16.4 Å². The summed E-state index contributed by atoms with van der Waals surface area (Å²) in [5.41, 5.74) is -0.197. The van der Waals surface area contributed by atoms with Crippen molar-refractivity contribution >= 4 is 46.5 Å². The number of carbonyl (C=O) groups excluding carboxylic acids is 2. The first-order valence-electron chi connectivity index (χ1n) is 7.13. The quantitative estimate of drug-likeness (QED) is 0.434. The topological polar surface area (TPSA) is 108 Å². The van der Waals surface area contributed by atoms with Crippen molar-refractivity contribution < 1.29 is 24.0 Å². The molecule has 136 valence electrons. The standard InChI is InChI=1S/C16H12Cl2N2O6/c17-10-1-4-12(5-2-10)25-9-16(22)26-8-15(21)19-14-7-11(20(23)24)3-6-13(14)18/h1-7H,8-9H2,(H,19,21). The van der Waals surface area contributed by atoms with Gasteiger partial charge in [0.1, 0.15) is 5.75 Å². The Kier molecular flexibility index (Phi) is 6.76. The van der Waals surface area contributed by atoms with Crippen LogP contribution in [0.3, 0.4) is 0 Å². The predicted octanol–water partition coefficient (Wildman–Crippen LogP) is 3.46. The number of ether oxygens (including phenoxy) is 2. The van der Waals surface area contributed by atoms with Gasteiger partial charge in [0, 0.05) is 17.2 Å². The van der Waals surface area contributed by atoms with E-state index < -0.39 is 30.0 Å². The first-order chi connectivity index (χ1) is 12.3. The van der Waals surface area contributed by atoms with E-state index in [1.165, 1.54) is 12.1 Å². The molecule has 0 spiro atoms. The van der Waals surface area contributed by atoms with Crippen LogP contribution in [0.25, 0.3) is 0 Å². The highest BCUT2D eigenvalue weighted by Crippen LogP contribution is 2.26. The van der Waals surface area contributed by atoms with Crippen molar-refractivity contribution in [3.05, 3.63) is 62.6 Å². The van der Waals surface area contributed by atoms with E-state index in [0.29, 0.717) is 10.8 Å². The summed E-state index contributed by atoms with van der Waals surface area (Å²) in [6, 6.07) is 9.93. The Hall–Kier alpha value is -2.84. The third kappa shape index (κ3) is 5.91. The van der Waals surface area contributed by atoms with Crippen molar-refractivity contribution in [2.45, 2.75) is 0 Å². The summed E-state index contributed by atoms with van der Waals surface area (Å²) in [5.74, 6) is -1.05. The Morgan fingerprint density at radius 2 is 1.77 bits per heavy atom. The van der Waals surface area contributed by atoms with E-state index in [4.69, 9.17) is 32.7 Å². The van der Waals surface area contributed by atoms with Gasteiger partial charge < -0.3 is 14.8 Å². The fourth-order valence-electron chi connectivity index (χ4n) is 1.77. The van der Waals surface area contributed by atoms with Gasteiger partial charge in [-0.1, -0.05) is 23.2 Å². The molecule has 0 unspecified atom stereocenters. The van der Waals surface area contributed by atoms with Crippen molar-refractivity contribution in [1.29, 1.82) is 0 Å². The molecule has 0 aliphatic rings. The van der Waals surface area contributed by atoms with E-state index in [1.54, 1.807) is 24.3 Å². The molecule has 0 radical (unpaired) electrons. The number of hydrogen-bond acceptors (Lipinski definition) is 6. The molecule has 1 N–H and O–H groups in total. The fraction of sp³-hybridized carbons (Fsp3) is 0.125. The van der Waals surface area contributed by atoms with E-state index >= 15 is 0 Å². The molecule has 0 aliphatic heterocycles. The van der Waals surface area contributed by atoms with Gasteiger partial charge in [0.05, 0.1) is 15.6 Å². The van der Waals surface area contributed by atoms with Crippen LogP contribution in [0.15, 0.2) is 42.5 Å². The zero-order valence-electron chi connectivity index (χ0n) is 13.1. The third-order valence-electron chi connectivity index (χ3n) is 2.97. The number of nitro groups is 1. The molecule has 1 amide bonds. The molecule has 0 saturated heterocycles. The summed E-state index contributed by atoms with van der Waals surface area (Å²) in [5, 5.41) is 13.7. The lowest BCUT2D eigenvalue weighted by Crippen LogP contribution is -2.23. The summed E-state index contributed by atoms with van der Waals surface area (Å²) in [6.07, 6.45) is 0. The Bertz CT molecular complexity index is 826. The number of nitro benzene ring substituents is 1. The van der Waals surface area contributed by atoms with Crippen molar-refractivity contribution in [2.75, 3.05) is 18.5 Å². The second kappa shape index (κ2) is 9.02. The number of carbonyl (C=O) groups is 2. The number of hydrogen-bond donors (Lipinski definition) is 1. The van der Waals surface area contributed by atoms with Crippen LogP contribution in [0, 0.1) is 10.1 Å². The third-order valence-corrected chi connectivity index (χ3v) is 3.55. The smallest absolute Gasteiger partial charge is 0.344 e. The van der Waals surface area contributed by atoms with E-state index in [1.807, 2.05) is 0 Å². The summed E-state index contributed by atoms with van der Waals surface area (Å²) in [7, 11) is 0. The van der Waals surface area contributed by atoms with E-state index in [9.17, 15) is 19.7 Å². The molecular formula is C16H12Cl2N2O6. The highest BCUT2D eigenvalue weighted by Gasteiger charge is 2.14. The molecule has 0 heterocycles. The summed E-state index contributed by atoms with van der Waals surface area (Å²) in [6.45, 7) is -0.992. The van der Waals surface area contributed by atoms with Crippen LogP contribution < -0.4 is 10.1 Å². The number of nitrogens with zero attached hydrogens (tertiary/aromatic N) is 1. The van der Waals surface area contributed by atoms with E-state index in [2.05, 4.69) is 5.32 Å². The van der Waals surface area contributed by atoms with Crippen LogP contribution in [0.1, 0.15) is 0 Å². The zero-order valence-corrected chi connectivity index (χ0v) is 14.6. The Morgan fingerprint density at radius 3 is 2.42 bits per heavy atom. The molecule has 26 heavy (non-hydrogen) atoms. The van der Waals surface area contributed by atoms with Crippen LogP contribution >= 0.6 is 23.2 Å². The largest absolute Gasteiger partial charge is 0.482 e. The highest BCUT2D eigenvalue weighted by molar-refractivity contribution is 6.33. The second-order valence-corrected chi connectivity index (χ2v) is 5.72. The van der Waals surface area contributed by atoms with Crippen LogP contribution in [0.4, 0.5) is 11.4 Å². The number of amides is 1. The van der Waals surface area contributed by atoms with Crippen molar-refractivity contribution in [3.8, 4) is 5.75 Å². The minimum Gasteiger partial charge on any atom is -0.482 e. The lowest BCUT2D eigenvalue weighted by atomic mass is 10.3. The molecule has 0 aliphatic carbocycles. The van der Waals surface area contributed by atoms with Gasteiger partial charge in [-0.25, -0.2) is 4.79 Å². The maximum Gasteiger partial charge on any atom is 0.344 e. The minimum absolute atomic E-state index is 0.0410. The molecular weight excluding hydrogens is 387 g/mol. The Morgan fingerprint density at radius 1 is 1.08 bits per heavy atom. The number of esters is 1. The second-order valence-electron chi connectivity index (χ2n) is 4.87. The first kappa shape index (κ1) is 19.5. The van der Waals surface area contributed by atoms with Crippen molar-refractivity contribution in [3.63, 3.8) is 0 Å². The van der Waals surface area contributed by atoms with Gasteiger partial charge >= 0.3 is 5.97 Å². The average Bonchev–Trinajstić information content (AvgIpc) is 2.61. The number of nitrogens with one attached hydrogen (secondary N) is 1. The molecule has 2 aromatic rings. The summed E-state index contributed by atoms with van der Waals surface area (Å²) < 4.78 is 9.93. The maximum atomic E-state index is 11.8. The average molecular weight is 399 g/mol. The molecule has 0 atom stereocenters. The van der Waals surface area contributed by atoms with Crippen LogP contribution in [0.2, 0.25) is 10.0 Å². The monoisotopic (exact) mass is 398 g/mol. The van der Waals surface area contributed by atoms with Gasteiger partial charge in [-0.15, -0.1) is 0 Å².